The van der Waals surface area contributed by atoms with Crippen molar-refractivity contribution in [2.24, 2.45) is 0 Å². The van der Waals surface area contributed by atoms with Gasteiger partial charge in [-0.05, 0) is 38.3 Å². The lowest BCUT2D eigenvalue weighted by atomic mass is 10.2. The summed E-state index contributed by atoms with van der Waals surface area (Å²) < 4.78 is 5.91. The Labute approximate surface area is 112 Å². The van der Waals surface area contributed by atoms with Crippen LogP contribution in [0.1, 0.15) is 35.7 Å². The van der Waals surface area contributed by atoms with E-state index in [1.54, 1.807) is 0 Å². The minimum absolute atomic E-state index is 0.460. The van der Waals surface area contributed by atoms with Gasteiger partial charge in [-0.3, -0.25) is 0 Å². The normalized spacial score (nSPS) is 14.4. The number of nitrogens with zero attached hydrogens (tertiary/aromatic N) is 2. The van der Waals surface area contributed by atoms with E-state index in [-0.39, 0.29) is 0 Å². The number of aryl methyl sites for hydroxylation is 1. The van der Waals surface area contributed by atoms with Crippen molar-refractivity contribution in [1.82, 2.24) is 9.97 Å². The number of nitrogen functional groups attached to an aromatic ring is 1. The summed E-state index contributed by atoms with van der Waals surface area (Å²) in [5.74, 6) is 3.17. The maximum absolute atomic E-state index is 5.95. The van der Waals surface area contributed by atoms with Gasteiger partial charge in [-0.25, -0.2) is 4.98 Å². The lowest BCUT2D eigenvalue weighted by Gasteiger charge is -2.12. The van der Waals surface area contributed by atoms with Crippen molar-refractivity contribution >= 4 is 5.82 Å². The Morgan fingerprint density at radius 3 is 2.58 bits per heavy atom. The van der Waals surface area contributed by atoms with Gasteiger partial charge in [0.2, 0.25) is 5.88 Å². The monoisotopic (exact) mass is 255 g/mol. The molecule has 1 saturated carbocycles. The van der Waals surface area contributed by atoms with E-state index in [9.17, 15) is 0 Å². The summed E-state index contributed by atoms with van der Waals surface area (Å²) in [7, 11) is 0. The molecule has 1 aliphatic carbocycles. The average Bonchev–Trinajstić information content (AvgIpc) is 3.21. The number of nitrogens with two attached hydrogens (primary N) is 1. The van der Waals surface area contributed by atoms with Gasteiger partial charge in [0.25, 0.3) is 0 Å². The van der Waals surface area contributed by atoms with E-state index in [4.69, 9.17) is 10.5 Å². The van der Waals surface area contributed by atoms with Crippen molar-refractivity contribution in [2.45, 2.75) is 32.6 Å². The predicted molar refractivity (Wildman–Crippen MR) is 74.4 cm³/mol. The van der Waals surface area contributed by atoms with Gasteiger partial charge < -0.3 is 10.5 Å². The summed E-state index contributed by atoms with van der Waals surface area (Å²) >= 11 is 0. The zero-order valence-corrected chi connectivity index (χ0v) is 11.2. The van der Waals surface area contributed by atoms with Gasteiger partial charge in [0.15, 0.2) is 0 Å². The zero-order valence-electron chi connectivity index (χ0n) is 11.2. The van der Waals surface area contributed by atoms with Crippen molar-refractivity contribution in [2.75, 3.05) is 5.73 Å². The summed E-state index contributed by atoms with van der Waals surface area (Å²) in [6.45, 7) is 3.90. The van der Waals surface area contributed by atoms with Crippen molar-refractivity contribution in [1.29, 1.82) is 0 Å². The van der Waals surface area contributed by atoms with Crippen LogP contribution < -0.4 is 10.5 Å². The van der Waals surface area contributed by atoms with Crippen LogP contribution in [0, 0.1) is 13.8 Å². The number of rotatable bonds is 3. The van der Waals surface area contributed by atoms with E-state index >= 15 is 0 Å². The zero-order chi connectivity index (χ0) is 13.4. The Morgan fingerprint density at radius 2 is 1.89 bits per heavy atom. The third-order valence-electron chi connectivity index (χ3n) is 3.40. The van der Waals surface area contributed by atoms with E-state index in [2.05, 4.69) is 9.97 Å². The molecular formula is C15H17N3O. The van der Waals surface area contributed by atoms with E-state index in [0.717, 1.165) is 35.5 Å². The summed E-state index contributed by atoms with van der Waals surface area (Å²) in [5, 5.41) is 0. The molecule has 19 heavy (non-hydrogen) atoms. The van der Waals surface area contributed by atoms with Crippen molar-refractivity contribution in [3.63, 3.8) is 0 Å². The Kier molecular flexibility index (Phi) is 2.85. The van der Waals surface area contributed by atoms with E-state index < -0.39 is 0 Å². The van der Waals surface area contributed by atoms with Crippen LogP contribution in [-0.4, -0.2) is 9.97 Å². The molecule has 1 aromatic heterocycles. The van der Waals surface area contributed by atoms with Gasteiger partial charge in [0.1, 0.15) is 17.4 Å². The smallest absolute Gasteiger partial charge is 0.227 e. The molecule has 4 heteroatoms. The average molecular weight is 255 g/mol. The quantitative estimate of drug-likeness (QED) is 0.913. The van der Waals surface area contributed by atoms with Gasteiger partial charge in [-0.15, -0.1) is 0 Å². The molecular weight excluding hydrogens is 238 g/mol. The number of anilines is 1. The summed E-state index contributed by atoms with van der Waals surface area (Å²) in [6.07, 6.45) is 2.29. The number of aromatic nitrogens is 2. The molecule has 0 amide bonds. The maximum atomic E-state index is 5.95. The molecule has 0 spiro atoms. The molecule has 98 valence electrons. The third kappa shape index (κ3) is 2.38. The molecule has 0 saturated heterocycles. The lowest BCUT2D eigenvalue weighted by molar-refractivity contribution is 0.451. The standard InChI is InChI=1S/C15H17N3O/c1-9-5-3-4-6-12(9)19-15-10(2)13(16)17-14(18-15)11-7-8-11/h3-6,11H,7-8H2,1-2H3,(H2,16,17,18). The van der Waals surface area contributed by atoms with E-state index in [1.165, 1.54) is 0 Å². The van der Waals surface area contributed by atoms with Crippen LogP contribution >= 0.6 is 0 Å². The van der Waals surface area contributed by atoms with Crippen LogP contribution in [-0.2, 0) is 0 Å². The number of para-hydroxylation sites is 1. The van der Waals surface area contributed by atoms with Crippen LogP contribution in [0.15, 0.2) is 24.3 Å². The summed E-state index contributed by atoms with van der Waals surface area (Å²) in [4.78, 5) is 8.86. The number of ether oxygens (including phenoxy) is 1. The number of hydrogen-bond acceptors (Lipinski definition) is 4. The molecule has 1 aliphatic rings. The molecule has 1 aromatic carbocycles. The molecule has 0 bridgehead atoms. The SMILES string of the molecule is Cc1ccccc1Oc1nc(C2CC2)nc(N)c1C. The van der Waals surface area contributed by atoms with Gasteiger partial charge in [0, 0.05) is 5.92 Å². The molecule has 1 heterocycles. The Hall–Kier alpha value is -2.10. The lowest BCUT2D eigenvalue weighted by Crippen LogP contribution is -2.04. The second-order valence-corrected chi connectivity index (χ2v) is 5.04. The van der Waals surface area contributed by atoms with Gasteiger partial charge in [-0.2, -0.15) is 4.98 Å². The number of hydrogen-bond donors (Lipinski definition) is 1. The Morgan fingerprint density at radius 1 is 1.16 bits per heavy atom. The first-order chi connectivity index (χ1) is 9.15. The molecule has 2 aromatic rings. The highest BCUT2D eigenvalue weighted by atomic mass is 16.5. The van der Waals surface area contributed by atoms with Crippen LogP contribution in [0.25, 0.3) is 0 Å². The molecule has 2 N–H and O–H groups in total. The van der Waals surface area contributed by atoms with Crippen LogP contribution in [0.4, 0.5) is 5.82 Å². The minimum Gasteiger partial charge on any atom is -0.438 e. The van der Waals surface area contributed by atoms with Crippen LogP contribution in [0.2, 0.25) is 0 Å². The first-order valence-corrected chi connectivity index (χ1v) is 6.52. The second-order valence-electron chi connectivity index (χ2n) is 5.04. The maximum Gasteiger partial charge on any atom is 0.227 e. The van der Waals surface area contributed by atoms with Crippen molar-refractivity contribution < 1.29 is 4.74 Å². The van der Waals surface area contributed by atoms with E-state index in [1.807, 2.05) is 38.1 Å². The van der Waals surface area contributed by atoms with Crippen molar-refractivity contribution in [3.8, 4) is 11.6 Å². The highest BCUT2D eigenvalue weighted by molar-refractivity contribution is 5.47. The largest absolute Gasteiger partial charge is 0.438 e. The second kappa shape index (κ2) is 4.53. The molecule has 4 nitrogen and oxygen atoms in total. The van der Waals surface area contributed by atoms with Crippen LogP contribution in [0.5, 0.6) is 11.6 Å². The highest BCUT2D eigenvalue weighted by Gasteiger charge is 2.28. The fourth-order valence-corrected chi connectivity index (χ4v) is 1.93. The third-order valence-corrected chi connectivity index (χ3v) is 3.40. The summed E-state index contributed by atoms with van der Waals surface area (Å²) in [6, 6.07) is 7.88. The number of benzene rings is 1. The molecule has 3 rings (SSSR count). The van der Waals surface area contributed by atoms with Crippen molar-refractivity contribution in [3.05, 3.63) is 41.2 Å². The topological polar surface area (TPSA) is 61.0 Å². The minimum atomic E-state index is 0.460. The molecule has 0 unspecified atom stereocenters. The van der Waals surface area contributed by atoms with Crippen LogP contribution in [0.3, 0.4) is 0 Å². The molecule has 1 fully saturated rings. The van der Waals surface area contributed by atoms with Gasteiger partial charge in [0.05, 0.1) is 5.56 Å². The molecule has 0 atom stereocenters. The summed E-state index contributed by atoms with van der Waals surface area (Å²) in [5.41, 5.74) is 7.82. The highest BCUT2D eigenvalue weighted by Crippen LogP contribution is 2.40. The Bertz CT molecular complexity index is 621. The fourth-order valence-electron chi connectivity index (χ4n) is 1.93. The Balaban J connectivity index is 1.98. The van der Waals surface area contributed by atoms with E-state index in [0.29, 0.717) is 17.6 Å². The molecule has 0 aliphatic heterocycles. The first-order valence-electron chi connectivity index (χ1n) is 6.52. The fraction of sp³-hybridized carbons (Fsp3) is 0.333. The van der Waals surface area contributed by atoms with Gasteiger partial charge in [-0.1, -0.05) is 18.2 Å². The molecule has 0 radical (unpaired) electrons. The predicted octanol–water partition coefficient (Wildman–Crippen LogP) is 3.35. The van der Waals surface area contributed by atoms with Gasteiger partial charge >= 0.3 is 0 Å². The first kappa shape index (κ1) is 12.0.